The first-order valence-electron chi connectivity index (χ1n) is 12.4. The maximum absolute atomic E-state index is 13.3. The summed E-state index contributed by atoms with van der Waals surface area (Å²) in [6, 6.07) is 7.28. The Bertz CT molecular complexity index is 1080. The van der Waals surface area contributed by atoms with Crippen molar-refractivity contribution >= 4 is 24.7 Å². The zero-order valence-electron chi connectivity index (χ0n) is 22.1. The molecule has 2 N–H and O–H groups in total. The number of hydrogen-bond acceptors (Lipinski definition) is 6. The van der Waals surface area contributed by atoms with Crippen molar-refractivity contribution in [1.29, 1.82) is 0 Å². The molecule has 2 aliphatic rings. The highest BCUT2D eigenvalue weighted by Crippen LogP contribution is 2.37. The average molecular weight is 497 g/mol. The summed E-state index contributed by atoms with van der Waals surface area (Å²) in [7, 11) is 0.852. The summed E-state index contributed by atoms with van der Waals surface area (Å²) in [5.41, 5.74) is 4.52. The maximum Gasteiger partial charge on any atom is 0.494 e. The van der Waals surface area contributed by atoms with Crippen molar-refractivity contribution in [3.63, 3.8) is 0 Å². The molecular weight excluding hydrogens is 461 g/mol. The van der Waals surface area contributed by atoms with E-state index >= 15 is 0 Å². The number of hydrazine groups is 1. The molecule has 10 nitrogen and oxygen atoms in total. The van der Waals surface area contributed by atoms with E-state index in [0.29, 0.717) is 12.4 Å². The SMILES string of the molecule is COC(=O)NN(C(=O)N1CCC[C@H]1c1ncc(-c2ccc(B3OC(C)(C)C(C)(C)O3)cc2)[nH]1)C(C)C. The molecule has 2 aromatic rings. The predicted octanol–water partition coefficient (Wildman–Crippen LogP) is 3.61. The molecule has 0 spiro atoms. The first-order valence-corrected chi connectivity index (χ1v) is 12.4. The van der Waals surface area contributed by atoms with Crippen LogP contribution in [0, 0.1) is 0 Å². The predicted molar refractivity (Wildman–Crippen MR) is 136 cm³/mol. The van der Waals surface area contributed by atoms with Gasteiger partial charge in [-0.1, -0.05) is 24.3 Å². The standard InChI is InChI=1S/C25H36BN5O5/c1-16(2)31(29-22(32)34-7)23(33)30-14-8-9-20(30)21-27-15-19(28-21)17-10-12-18(13-11-17)26-35-24(3,4)25(5,6)36-26/h10-13,15-16,20H,8-9,14H2,1-7H3,(H,27,28)(H,29,32)/t20-/m0/s1. The number of carbonyl (C=O) groups is 2. The minimum atomic E-state index is -0.683. The number of methoxy groups -OCH3 is 1. The number of nitrogens with zero attached hydrogens (tertiary/aromatic N) is 3. The van der Waals surface area contributed by atoms with Crippen LogP contribution in [0.5, 0.6) is 0 Å². The number of aromatic amines is 1. The Balaban J connectivity index is 1.48. The largest absolute Gasteiger partial charge is 0.494 e. The molecule has 0 bridgehead atoms. The van der Waals surface area contributed by atoms with Gasteiger partial charge in [0.1, 0.15) is 5.82 Å². The van der Waals surface area contributed by atoms with Gasteiger partial charge in [-0.25, -0.2) is 25.0 Å². The lowest BCUT2D eigenvalue weighted by Gasteiger charge is -2.33. The van der Waals surface area contributed by atoms with E-state index in [4.69, 9.17) is 9.31 Å². The number of rotatable bonds is 4. The van der Waals surface area contributed by atoms with Gasteiger partial charge in [-0.15, -0.1) is 0 Å². The second kappa shape index (κ2) is 9.78. The van der Waals surface area contributed by atoms with E-state index in [-0.39, 0.29) is 18.1 Å². The van der Waals surface area contributed by atoms with Crippen LogP contribution in [-0.2, 0) is 14.0 Å². The first-order chi connectivity index (χ1) is 16.9. The molecule has 4 rings (SSSR count). The Kier molecular flexibility index (Phi) is 7.07. The lowest BCUT2D eigenvalue weighted by atomic mass is 9.79. The fourth-order valence-corrected chi connectivity index (χ4v) is 4.41. The third-order valence-corrected chi connectivity index (χ3v) is 7.28. The highest BCUT2D eigenvalue weighted by Gasteiger charge is 2.51. The van der Waals surface area contributed by atoms with Crippen LogP contribution in [0.1, 0.15) is 66.3 Å². The van der Waals surface area contributed by atoms with Crippen molar-refractivity contribution in [2.24, 2.45) is 0 Å². The van der Waals surface area contributed by atoms with Crippen molar-refractivity contribution in [3.8, 4) is 11.3 Å². The lowest BCUT2D eigenvalue weighted by molar-refractivity contribution is 0.00578. The number of amides is 3. The van der Waals surface area contributed by atoms with E-state index in [1.165, 1.54) is 12.1 Å². The molecule has 3 heterocycles. The molecule has 194 valence electrons. The summed E-state index contributed by atoms with van der Waals surface area (Å²) in [6.07, 6.45) is 2.73. The number of ether oxygens (including phenoxy) is 1. The van der Waals surface area contributed by atoms with Crippen LogP contribution in [0.2, 0.25) is 0 Å². The van der Waals surface area contributed by atoms with Gasteiger partial charge in [-0.2, -0.15) is 0 Å². The van der Waals surface area contributed by atoms with Gasteiger partial charge in [0.05, 0.1) is 36.2 Å². The third kappa shape index (κ3) is 4.94. The van der Waals surface area contributed by atoms with Crippen LogP contribution >= 0.6 is 0 Å². The number of carbonyl (C=O) groups excluding carboxylic acids is 2. The summed E-state index contributed by atoms with van der Waals surface area (Å²) in [5.74, 6) is 0.715. The molecule has 1 aromatic heterocycles. The summed E-state index contributed by atoms with van der Waals surface area (Å²) >= 11 is 0. The number of imidazole rings is 1. The summed E-state index contributed by atoms with van der Waals surface area (Å²) in [6.45, 7) is 12.4. The highest BCUT2D eigenvalue weighted by atomic mass is 16.7. The van der Waals surface area contributed by atoms with Crippen LogP contribution in [-0.4, -0.2) is 70.0 Å². The number of aromatic nitrogens is 2. The second-order valence-corrected chi connectivity index (χ2v) is 10.6. The van der Waals surface area contributed by atoms with E-state index in [0.717, 1.165) is 29.6 Å². The minimum Gasteiger partial charge on any atom is -0.452 e. The third-order valence-electron chi connectivity index (χ3n) is 7.28. The van der Waals surface area contributed by atoms with Crippen LogP contribution < -0.4 is 10.9 Å². The molecule has 2 aliphatic heterocycles. The Morgan fingerprint density at radius 2 is 1.83 bits per heavy atom. The molecule has 0 unspecified atom stereocenters. The normalized spacial score (nSPS) is 20.6. The smallest absolute Gasteiger partial charge is 0.452 e. The lowest BCUT2D eigenvalue weighted by Crippen LogP contribution is -2.54. The first kappa shape index (κ1) is 26.0. The zero-order valence-corrected chi connectivity index (χ0v) is 22.1. The Hall–Kier alpha value is -3.05. The fraction of sp³-hybridized carbons (Fsp3) is 0.560. The van der Waals surface area contributed by atoms with Crippen molar-refractivity contribution < 1.29 is 23.6 Å². The molecule has 0 radical (unpaired) electrons. The molecule has 0 aliphatic carbocycles. The number of likely N-dealkylation sites (tertiary alicyclic amines) is 1. The van der Waals surface area contributed by atoms with Gasteiger partial charge < -0.3 is 23.9 Å². The van der Waals surface area contributed by atoms with E-state index in [2.05, 4.69) is 20.1 Å². The van der Waals surface area contributed by atoms with Crippen LogP contribution in [0.3, 0.4) is 0 Å². The van der Waals surface area contributed by atoms with Gasteiger partial charge in [0.15, 0.2) is 0 Å². The van der Waals surface area contributed by atoms with Gasteiger partial charge in [-0.3, -0.25) is 0 Å². The van der Waals surface area contributed by atoms with Gasteiger partial charge in [0.25, 0.3) is 0 Å². The van der Waals surface area contributed by atoms with Gasteiger partial charge in [-0.05, 0) is 65.4 Å². The summed E-state index contributed by atoms with van der Waals surface area (Å²) in [4.78, 5) is 34.7. The average Bonchev–Trinajstić information content (AvgIpc) is 3.54. The Morgan fingerprint density at radius 3 is 2.42 bits per heavy atom. The van der Waals surface area contributed by atoms with Crippen LogP contribution in [0.25, 0.3) is 11.3 Å². The number of hydrogen-bond donors (Lipinski definition) is 2. The summed E-state index contributed by atoms with van der Waals surface area (Å²) < 4.78 is 17.0. The molecule has 0 saturated carbocycles. The maximum atomic E-state index is 13.3. The minimum absolute atomic E-state index is 0.212. The molecule has 3 amide bonds. The molecule has 2 saturated heterocycles. The van der Waals surface area contributed by atoms with E-state index < -0.39 is 24.4 Å². The molecule has 2 fully saturated rings. The molecule has 1 aromatic carbocycles. The quantitative estimate of drug-likeness (QED) is 0.494. The van der Waals surface area contributed by atoms with Crippen molar-refractivity contribution in [2.75, 3.05) is 13.7 Å². The Labute approximate surface area is 212 Å². The van der Waals surface area contributed by atoms with Crippen LogP contribution in [0.15, 0.2) is 30.5 Å². The van der Waals surface area contributed by atoms with E-state index in [1.54, 1.807) is 11.1 Å². The number of urea groups is 1. The monoisotopic (exact) mass is 497 g/mol. The van der Waals surface area contributed by atoms with Crippen molar-refractivity contribution in [1.82, 2.24) is 25.3 Å². The fourth-order valence-electron chi connectivity index (χ4n) is 4.41. The molecule has 11 heteroatoms. The zero-order chi connectivity index (χ0) is 26.3. The second-order valence-electron chi connectivity index (χ2n) is 10.6. The van der Waals surface area contributed by atoms with E-state index in [9.17, 15) is 9.59 Å². The molecular formula is C25H36BN5O5. The topological polar surface area (TPSA) is 109 Å². The van der Waals surface area contributed by atoms with Gasteiger partial charge in [0.2, 0.25) is 0 Å². The van der Waals surface area contributed by atoms with Crippen molar-refractivity contribution in [2.45, 2.75) is 77.7 Å². The molecule has 1 atom stereocenters. The summed E-state index contributed by atoms with van der Waals surface area (Å²) in [5, 5.41) is 1.29. The Morgan fingerprint density at radius 1 is 1.19 bits per heavy atom. The van der Waals surface area contributed by atoms with Crippen molar-refractivity contribution in [3.05, 3.63) is 36.3 Å². The number of benzene rings is 1. The van der Waals surface area contributed by atoms with Crippen LogP contribution in [0.4, 0.5) is 9.59 Å². The van der Waals surface area contributed by atoms with Gasteiger partial charge in [0, 0.05) is 12.6 Å². The number of nitrogens with one attached hydrogen (secondary N) is 2. The molecule has 36 heavy (non-hydrogen) atoms. The van der Waals surface area contributed by atoms with E-state index in [1.807, 2.05) is 65.8 Å². The highest BCUT2D eigenvalue weighted by molar-refractivity contribution is 6.62. The van der Waals surface area contributed by atoms with Gasteiger partial charge >= 0.3 is 19.2 Å². The number of H-pyrrole nitrogens is 1.